The van der Waals surface area contributed by atoms with Crippen molar-refractivity contribution in [3.63, 3.8) is 0 Å². The normalized spacial score (nSPS) is 46.5. The van der Waals surface area contributed by atoms with Crippen LogP contribution in [0.4, 0.5) is 0 Å². The number of aliphatic hydroxyl groups excluding tert-OH is 1. The van der Waals surface area contributed by atoms with Gasteiger partial charge in [-0.3, -0.25) is 4.90 Å². The molecule has 4 heteroatoms. The number of nitrogens with zero attached hydrogens (tertiary/aromatic N) is 1. The molecule has 2 aliphatic heterocycles. The van der Waals surface area contributed by atoms with E-state index in [-0.39, 0.29) is 35.1 Å². The van der Waals surface area contributed by atoms with Crippen LogP contribution in [0.15, 0.2) is 12.1 Å². The summed E-state index contributed by atoms with van der Waals surface area (Å²) in [6, 6.07) is 5.26. The minimum absolute atomic E-state index is 0.0559. The lowest BCUT2D eigenvalue weighted by atomic mass is 9.35. The van der Waals surface area contributed by atoms with Crippen LogP contribution in [-0.2, 0) is 16.6 Å². The fourth-order valence-corrected chi connectivity index (χ4v) is 8.91. The van der Waals surface area contributed by atoms with E-state index in [0.717, 1.165) is 30.9 Å². The van der Waals surface area contributed by atoms with Crippen molar-refractivity contribution in [1.82, 2.24) is 4.90 Å². The molecule has 29 heavy (non-hydrogen) atoms. The maximum Gasteiger partial charge on any atom is 0.138 e. The van der Waals surface area contributed by atoms with Crippen molar-refractivity contribution in [2.24, 2.45) is 17.3 Å². The third kappa shape index (κ3) is 1.78. The first-order valence-electron chi connectivity index (χ1n) is 11.8. The summed E-state index contributed by atoms with van der Waals surface area (Å²) >= 11 is 0. The molecule has 6 atom stereocenters. The van der Waals surface area contributed by atoms with E-state index in [9.17, 15) is 5.11 Å². The number of aryl methyl sites for hydroxylation is 1. The average molecular weight is 396 g/mol. The first-order valence-corrected chi connectivity index (χ1v) is 11.8. The molecule has 4 nitrogen and oxygen atoms in total. The minimum Gasteiger partial charge on any atom is -0.486 e. The Labute approximate surface area is 173 Å². The molecule has 1 aromatic carbocycles. The molecule has 2 spiro atoms. The fraction of sp³-hybridized carbons (Fsp3) is 0.760. The fourth-order valence-electron chi connectivity index (χ4n) is 8.91. The Morgan fingerprint density at radius 2 is 2.10 bits per heavy atom. The van der Waals surface area contributed by atoms with Crippen LogP contribution in [0.2, 0.25) is 0 Å². The van der Waals surface area contributed by atoms with E-state index < -0.39 is 0 Å². The quantitative estimate of drug-likeness (QED) is 0.850. The van der Waals surface area contributed by atoms with Gasteiger partial charge in [0.15, 0.2) is 0 Å². The number of benzene rings is 1. The summed E-state index contributed by atoms with van der Waals surface area (Å²) in [5.41, 5.74) is 4.30. The largest absolute Gasteiger partial charge is 0.486 e. The Morgan fingerprint density at radius 3 is 2.86 bits per heavy atom. The third-order valence-electron chi connectivity index (χ3n) is 10.2. The molecule has 1 saturated heterocycles. The van der Waals surface area contributed by atoms with Crippen molar-refractivity contribution in [2.45, 2.75) is 75.0 Å². The molecule has 1 N–H and O–H groups in total. The van der Waals surface area contributed by atoms with Crippen molar-refractivity contribution in [3.8, 4) is 5.75 Å². The predicted octanol–water partition coefficient (Wildman–Crippen LogP) is 3.21. The lowest BCUT2D eigenvalue weighted by Gasteiger charge is -2.73. The Balaban J connectivity index is 1.48. The van der Waals surface area contributed by atoms with Crippen molar-refractivity contribution >= 4 is 0 Å². The van der Waals surface area contributed by atoms with Crippen LogP contribution in [-0.4, -0.2) is 54.6 Å². The van der Waals surface area contributed by atoms with E-state index in [1.165, 1.54) is 49.9 Å². The Hall–Kier alpha value is -1.10. The third-order valence-corrected chi connectivity index (χ3v) is 10.2. The number of rotatable bonds is 4. The molecule has 7 aliphatic rings. The van der Waals surface area contributed by atoms with E-state index in [1.54, 1.807) is 5.56 Å². The lowest BCUT2D eigenvalue weighted by molar-refractivity contribution is -0.281. The summed E-state index contributed by atoms with van der Waals surface area (Å²) < 4.78 is 13.3. The highest BCUT2D eigenvalue weighted by Crippen LogP contribution is 2.76. The van der Waals surface area contributed by atoms with Gasteiger partial charge in [-0.1, -0.05) is 12.1 Å². The molecular formula is C25H33NO3. The molecule has 0 aromatic heterocycles. The van der Waals surface area contributed by atoms with Crippen LogP contribution in [0, 0.1) is 24.2 Å². The number of likely N-dealkylation sites (tertiary alicyclic amines) is 1. The Morgan fingerprint density at radius 1 is 1.24 bits per heavy atom. The summed E-state index contributed by atoms with van der Waals surface area (Å²) in [5, 5.41) is 10.5. The Bertz CT molecular complexity index is 896. The van der Waals surface area contributed by atoms with Crippen molar-refractivity contribution in [2.75, 3.05) is 26.8 Å². The van der Waals surface area contributed by atoms with Gasteiger partial charge in [0, 0.05) is 48.6 Å². The number of piperidine rings is 1. The van der Waals surface area contributed by atoms with Gasteiger partial charge in [-0.05, 0) is 75.5 Å². The van der Waals surface area contributed by atoms with E-state index >= 15 is 0 Å². The van der Waals surface area contributed by atoms with Crippen LogP contribution in [0.25, 0.3) is 0 Å². The van der Waals surface area contributed by atoms with Gasteiger partial charge in [-0.25, -0.2) is 0 Å². The van der Waals surface area contributed by atoms with Gasteiger partial charge in [0.05, 0.1) is 0 Å². The maximum atomic E-state index is 10.5. The average Bonchev–Trinajstić information content (AvgIpc) is 3.48. The second-order valence-electron chi connectivity index (χ2n) is 11.0. The molecule has 156 valence electrons. The summed E-state index contributed by atoms with van der Waals surface area (Å²) in [5.74, 6) is 2.26. The van der Waals surface area contributed by atoms with Gasteiger partial charge in [-0.15, -0.1) is 0 Å². The van der Waals surface area contributed by atoms with Gasteiger partial charge >= 0.3 is 0 Å². The lowest BCUT2D eigenvalue weighted by Crippen LogP contribution is -2.81. The van der Waals surface area contributed by atoms with Crippen molar-refractivity contribution in [3.05, 3.63) is 28.8 Å². The zero-order chi connectivity index (χ0) is 19.6. The molecular weight excluding hydrogens is 362 g/mol. The highest BCUT2D eigenvalue weighted by Gasteiger charge is 2.80. The van der Waals surface area contributed by atoms with Gasteiger partial charge in [0.2, 0.25) is 0 Å². The summed E-state index contributed by atoms with van der Waals surface area (Å²) in [4.78, 5) is 2.86. The van der Waals surface area contributed by atoms with Crippen molar-refractivity contribution < 1.29 is 14.6 Å². The zero-order valence-corrected chi connectivity index (χ0v) is 17.7. The number of hydrogen-bond acceptors (Lipinski definition) is 4. The van der Waals surface area contributed by atoms with Gasteiger partial charge in [0.1, 0.15) is 17.5 Å². The topological polar surface area (TPSA) is 41.9 Å². The first-order chi connectivity index (χ1) is 14.1. The van der Waals surface area contributed by atoms with Gasteiger partial charge in [-0.2, -0.15) is 0 Å². The van der Waals surface area contributed by atoms with Crippen LogP contribution < -0.4 is 4.74 Å². The SMILES string of the molecule is CO[C@]12CC[C@@]3(C[C@@H]1CO)[C@H]1Cc4ccc(C)c5c4[C@@]3(CCN1CC1CC1)[C@H]2O5. The van der Waals surface area contributed by atoms with Crippen LogP contribution >= 0.6 is 0 Å². The maximum absolute atomic E-state index is 10.5. The second-order valence-corrected chi connectivity index (χ2v) is 11.0. The first kappa shape index (κ1) is 17.6. The molecule has 4 saturated carbocycles. The summed E-state index contributed by atoms with van der Waals surface area (Å²) in [6.45, 7) is 4.89. The van der Waals surface area contributed by atoms with Gasteiger partial charge in [0.25, 0.3) is 0 Å². The number of hydrogen-bond donors (Lipinski definition) is 1. The number of aliphatic hydroxyl groups is 1. The standard InChI is InChI=1S/C25H33NO3/c1-15-3-6-17-11-19-23-7-8-25(28-2,18(12-23)14-27)22-24(23,20(17)21(15)29-22)9-10-26(19)13-16-4-5-16/h3,6,16,18-19,22,27H,4-5,7-14H2,1-2H3/t18-,19-,22-,23-,24+,25-/m1/s1. The molecule has 2 heterocycles. The highest BCUT2D eigenvalue weighted by atomic mass is 16.6. The molecule has 0 amide bonds. The minimum atomic E-state index is -0.347. The molecule has 0 radical (unpaired) electrons. The van der Waals surface area contributed by atoms with E-state index in [1.807, 2.05) is 7.11 Å². The van der Waals surface area contributed by atoms with Crippen LogP contribution in [0.1, 0.15) is 55.2 Å². The molecule has 0 unspecified atom stereocenters. The Kier molecular flexibility index (Phi) is 3.26. The van der Waals surface area contributed by atoms with Crippen LogP contribution in [0.5, 0.6) is 5.75 Å². The van der Waals surface area contributed by atoms with Crippen molar-refractivity contribution in [1.29, 1.82) is 0 Å². The van der Waals surface area contributed by atoms with E-state index in [0.29, 0.717) is 6.04 Å². The molecule has 5 aliphatic carbocycles. The van der Waals surface area contributed by atoms with Crippen LogP contribution in [0.3, 0.4) is 0 Å². The summed E-state index contributed by atoms with van der Waals surface area (Å²) in [7, 11) is 1.86. The molecule has 4 bridgehead atoms. The molecule has 5 fully saturated rings. The van der Waals surface area contributed by atoms with E-state index in [2.05, 4.69) is 24.0 Å². The smallest absolute Gasteiger partial charge is 0.138 e. The highest BCUT2D eigenvalue weighted by molar-refractivity contribution is 5.61. The van der Waals surface area contributed by atoms with E-state index in [4.69, 9.17) is 9.47 Å². The predicted molar refractivity (Wildman–Crippen MR) is 110 cm³/mol. The van der Waals surface area contributed by atoms with Gasteiger partial charge < -0.3 is 14.6 Å². The number of methoxy groups -OCH3 is 1. The molecule has 8 rings (SSSR count). The number of ether oxygens (including phenoxy) is 2. The zero-order valence-electron chi connectivity index (χ0n) is 17.7. The summed E-state index contributed by atoms with van der Waals surface area (Å²) in [6.07, 6.45) is 8.57. The monoisotopic (exact) mass is 395 g/mol. The second kappa shape index (κ2) is 5.38. The number of fused-ring (bicyclic) bond motifs is 2. The molecule has 1 aromatic rings.